The minimum absolute atomic E-state index is 0.212. The lowest BCUT2D eigenvalue weighted by molar-refractivity contribution is 0.583. The molecule has 0 saturated heterocycles. The average molecular weight is 435 g/mol. The van der Waals surface area contributed by atoms with Crippen molar-refractivity contribution in [1.82, 2.24) is 19.9 Å². The van der Waals surface area contributed by atoms with E-state index in [2.05, 4.69) is 30.5 Å². The van der Waals surface area contributed by atoms with Crippen LogP contribution in [0.2, 0.25) is 0 Å². The lowest BCUT2D eigenvalue weighted by atomic mass is 10.1. The molecule has 4 rings (SSSR count). The molecule has 0 aliphatic rings. The van der Waals surface area contributed by atoms with Gasteiger partial charge in [0.15, 0.2) is 5.82 Å². The predicted octanol–water partition coefficient (Wildman–Crippen LogP) is 3.47. The molecule has 2 heterocycles. The van der Waals surface area contributed by atoms with Gasteiger partial charge >= 0.3 is 0 Å². The molecule has 0 aliphatic carbocycles. The number of sulfonamides is 1. The van der Waals surface area contributed by atoms with E-state index in [4.69, 9.17) is 0 Å². The van der Waals surface area contributed by atoms with Crippen LogP contribution in [0.15, 0.2) is 77.8 Å². The van der Waals surface area contributed by atoms with E-state index >= 15 is 0 Å². The summed E-state index contributed by atoms with van der Waals surface area (Å²) in [6.07, 6.45) is 1.77. The molecule has 4 aromatic rings. The maximum absolute atomic E-state index is 12.5. The van der Waals surface area contributed by atoms with Gasteiger partial charge in [0.1, 0.15) is 11.6 Å². The van der Waals surface area contributed by atoms with Crippen LogP contribution >= 0.6 is 0 Å². The van der Waals surface area contributed by atoms with Crippen LogP contribution in [-0.4, -0.2) is 36.7 Å². The summed E-state index contributed by atoms with van der Waals surface area (Å²) in [5.41, 5.74) is 1.08. The highest BCUT2D eigenvalue weighted by Crippen LogP contribution is 2.18. The van der Waals surface area contributed by atoms with Crippen LogP contribution in [0.4, 0.5) is 17.5 Å². The zero-order valence-electron chi connectivity index (χ0n) is 16.9. The van der Waals surface area contributed by atoms with Gasteiger partial charge in [-0.2, -0.15) is 0 Å². The lowest BCUT2D eigenvalue weighted by Gasteiger charge is -2.09. The molecule has 0 fully saturated rings. The third kappa shape index (κ3) is 5.33. The van der Waals surface area contributed by atoms with E-state index in [0.717, 1.165) is 16.3 Å². The second-order valence-corrected chi connectivity index (χ2v) is 8.75. The summed E-state index contributed by atoms with van der Waals surface area (Å²) in [5, 5.41) is 16.2. The number of aryl methyl sites for hydroxylation is 1. The molecule has 0 amide bonds. The summed E-state index contributed by atoms with van der Waals surface area (Å²) >= 11 is 0. The minimum atomic E-state index is -3.59. The molecule has 0 spiro atoms. The monoisotopic (exact) mass is 434 g/mol. The van der Waals surface area contributed by atoms with Crippen molar-refractivity contribution < 1.29 is 8.42 Å². The summed E-state index contributed by atoms with van der Waals surface area (Å²) in [5.74, 6) is 1.80. The van der Waals surface area contributed by atoms with Gasteiger partial charge in [0.25, 0.3) is 0 Å². The van der Waals surface area contributed by atoms with Crippen LogP contribution in [0.3, 0.4) is 0 Å². The van der Waals surface area contributed by atoms with E-state index in [-0.39, 0.29) is 11.4 Å². The summed E-state index contributed by atoms with van der Waals surface area (Å²) in [7, 11) is -3.59. The first-order valence-corrected chi connectivity index (χ1v) is 11.2. The molecule has 0 radical (unpaired) electrons. The van der Waals surface area contributed by atoms with Crippen LogP contribution < -0.4 is 15.4 Å². The van der Waals surface area contributed by atoms with Gasteiger partial charge in [0, 0.05) is 19.3 Å². The maximum Gasteiger partial charge on any atom is 0.240 e. The standard InChI is InChI=1S/C22H22N6O2S/c1-16-6-9-20(24-15-16)26-22-11-10-21(27-28-22)23-12-13-25-31(29,30)19-8-7-17-4-2-3-5-18(17)14-19/h2-11,14-15,25H,12-13H2,1H3,(H,23,27)(H,24,26,28). The van der Waals surface area contributed by atoms with Gasteiger partial charge in [-0.05, 0) is 53.6 Å². The third-order valence-corrected chi connectivity index (χ3v) is 6.05. The van der Waals surface area contributed by atoms with Crippen LogP contribution in [-0.2, 0) is 10.0 Å². The number of anilines is 3. The Morgan fingerprint density at radius 3 is 2.29 bits per heavy atom. The summed E-state index contributed by atoms with van der Waals surface area (Å²) in [6, 6.07) is 20.1. The molecule has 3 N–H and O–H groups in total. The van der Waals surface area contributed by atoms with Crippen molar-refractivity contribution in [3.05, 3.63) is 78.5 Å². The molecule has 158 valence electrons. The number of aromatic nitrogens is 3. The zero-order valence-corrected chi connectivity index (χ0v) is 17.7. The van der Waals surface area contributed by atoms with Gasteiger partial charge in [0.2, 0.25) is 10.0 Å². The molecule has 0 saturated carbocycles. The van der Waals surface area contributed by atoms with Gasteiger partial charge < -0.3 is 10.6 Å². The first-order chi connectivity index (χ1) is 15.0. The van der Waals surface area contributed by atoms with Gasteiger partial charge in [0.05, 0.1) is 4.90 Å². The van der Waals surface area contributed by atoms with Gasteiger partial charge in [-0.3, -0.25) is 0 Å². The number of nitrogens with zero attached hydrogens (tertiary/aromatic N) is 3. The first kappa shape index (κ1) is 20.7. The Bertz CT molecular complexity index is 1280. The number of hydrogen-bond acceptors (Lipinski definition) is 7. The fraction of sp³-hybridized carbons (Fsp3) is 0.136. The quantitative estimate of drug-likeness (QED) is 0.364. The average Bonchev–Trinajstić information content (AvgIpc) is 2.79. The highest BCUT2D eigenvalue weighted by molar-refractivity contribution is 7.89. The number of pyridine rings is 1. The molecule has 2 aromatic heterocycles. The zero-order chi connectivity index (χ0) is 21.7. The molecule has 0 atom stereocenters. The minimum Gasteiger partial charge on any atom is -0.367 e. The molecule has 8 nitrogen and oxygen atoms in total. The molecule has 31 heavy (non-hydrogen) atoms. The molecule has 9 heteroatoms. The number of nitrogens with one attached hydrogen (secondary N) is 3. The lowest BCUT2D eigenvalue weighted by Crippen LogP contribution is -2.29. The van der Waals surface area contributed by atoms with Gasteiger partial charge in [-0.15, -0.1) is 10.2 Å². The maximum atomic E-state index is 12.5. The van der Waals surface area contributed by atoms with Crippen LogP contribution in [0.5, 0.6) is 0 Å². The molecule has 2 aromatic carbocycles. The fourth-order valence-electron chi connectivity index (χ4n) is 2.96. The van der Waals surface area contributed by atoms with Crippen molar-refractivity contribution in [3.8, 4) is 0 Å². The van der Waals surface area contributed by atoms with Crippen LogP contribution in [0.1, 0.15) is 5.56 Å². The van der Waals surface area contributed by atoms with Crippen LogP contribution in [0, 0.1) is 6.92 Å². The SMILES string of the molecule is Cc1ccc(Nc2ccc(NCCNS(=O)(=O)c3ccc4ccccc4c3)nn2)nc1. The van der Waals surface area contributed by atoms with Crippen molar-refractivity contribution in [3.63, 3.8) is 0 Å². The Labute approximate surface area is 180 Å². The molecule has 0 bridgehead atoms. The molecular weight excluding hydrogens is 412 g/mol. The van der Waals surface area contributed by atoms with Crippen molar-refractivity contribution in [2.75, 3.05) is 23.7 Å². The van der Waals surface area contributed by atoms with Crippen molar-refractivity contribution >= 4 is 38.2 Å². The Kier molecular flexibility index (Phi) is 6.06. The van der Waals surface area contributed by atoms with Crippen molar-refractivity contribution in [2.45, 2.75) is 11.8 Å². The highest BCUT2D eigenvalue weighted by atomic mass is 32.2. The third-order valence-electron chi connectivity index (χ3n) is 4.59. The summed E-state index contributed by atoms with van der Waals surface area (Å²) < 4.78 is 27.7. The fourth-order valence-corrected chi connectivity index (χ4v) is 4.03. The van der Waals surface area contributed by atoms with E-state index in [1.165, 1.54) is 0 Å². The summed E-state index contributed by atoms with van der Waals surface area (Å²) in [6.45, 7) is 2.55. The largest absolute Gasteiger partial charge is 0.367 e. The molecule has 0 unspecified atom stereocenters. The normalized spacial score (nSPS) is 11.4. The number of fused-ring (bicyclic) bond motifs is 1. The smallest absolute Gasteiger partial charge is 0.240 e. The van der Waals surface area contributed by atoms with Gasteiger partial charge in [-0.25, -0.2) is 18.1 Å². The Hall–Kier alpha value is -3.56. The van der Waals surface area contributed by atoms with E-state index in [1.54, 1.807) is 36.5 Å². The van der Waals surface area contributed by atoms with E-state index in [9.17, 15) is 8.42 Å². The van der Waals surface area contributed by atoms with E-state index < -0.39 is 10.0 Å². The van der Waals surface area contributed by atoms with Crippen molar-refractivity contribution in [1.29, 1.82) is 0 Å². The van der Waals surface area contributed by atoms with E-state index in [1.807, 2.05) is 43.3 Å². The number of rotatable bonds is 8. The molecule has 0 aliphatic heterocycles. The van der Waals surface area contributed by atoms with Gasteiger partial charge in [-0.1, -0.05) is 36.4 Å². The summed E-state index contributed by atoms with van der Waals surface area (Å²) in [4.78, 5) is 4.50. The Morgan fingerprint density at radius 1 is 0.806 bits per heavy atom. The second-order valence-electron chi connectivity index (χ2n) is 6.98. The Balaban J connectivity index is 1.29. The molecular formula is C22H22N6O2S. The highest BCUT2D eigenvalue weighted by Gasteiger charge is 2.13. The van der Waals surface area contributed by atoms with E-state index in [0.29, 0.717) is 24.0 Å². The Morgan fingerprint density at radius 2 is 1.55 bits per heavy atom. The number of benzene rings is 2. The van der Waals surface area contributed by atoms with Crippen molar-refractivity contribution in [2.24, 2.45) is 0 Å². The first-order valence-electron chi connectivity index (χ1n) is 9.75. The topological polar surface area (TPSA) is 109 Å². The number of hydrogen-bond donors (Lipinski definition) is 3. The van der Waals surface area contributed by atoms with Crippen LogP contribution in [0.25, 0.3) is 10.8 Å². The second kappa shape index (κ2) is 9.07. The predicted molar refractivity (Wildman–Crippen MR) is 122 cm³/mol.